The maximum absolute atomic E-state index is 12.2. The maximum atomic E-state index is 12.2. The third-order valence-corrected chi connectivity index (χ3v) is 3.24. The highest BCUT2D eigenvalue weighted by molar-refractivity contribution is 6.21. The van der Waals surface area contributed by atoms with Gasteiger partial charge in [0.2, 0.25) is 5.89 Å². The third kappa shape index (κ3) is 2.46. The van der Waals surface area contributed by atoms with Gasteiger partial charge in [-0.25, -0.2) is 0 Å². The van der Waals surface area contributed by atoms with Crippen molar-refractivity contribution in [2.75, 3.05) is 0 Å². The predicted molar refractivity (Wildman–Crippen MR) is 70.9 cm³/mol. The first kappa shape index (κ1) is 13.9. The van der Waals surface area contributed by atoms with Crippen LogP contribution < -0.4 is 0 Å². The second-order valence-electron chi connectivity index (χ2n) is 4.74. The van der Waals surface area contributed by atoms with Crippen molar-refractivity contribution in [3.8, 4) is 0 Å². The number of nitrogens with zero attached hydrogens (tertiary/aromatic N) is 3. The molecule has 0 unspecified atom stereocenters. The zero-order valence-corrected chi connectivity index (χ0v) is 11.4. The number of imide groups is 1. The van der Waals surface area contributed by atoms with Gasteiger partial charge >= 0.3 is 5.97 Å². The minimum Gasteiger partial charge on any atom is -0.481 e. The third-order valence-electron chi connectivity index (χ3n) is 3.24. The summed E-state index contributed by atoms with van der Waals surface area (Å²) in [5.41, 5.74) is 0.698. The van der Waals surface area contributed by atoms with Crippen molar-refractivity contribution < 1.29 is 24.0 Å². The number of aryl methyl sites for hydroxylation is 1. The van der Waals surface area contributed by atoms with Crippen LogP contribution in [-0.2, 0) is 17.8 Å². The number of carboxylic acid groups (broad SMARTS) is 1. The van der Waals surface area contributed by atoms with E-state index in [0.717, 1.165) is 4.90 Å². The number of carbonyl (C=O) groups is 3. The molecule has 0 saturated heterocycles. The van der Waals surface area contributed by atoms with E-state index in [1.54, 1.807) is 24.3 Å². The van der Waals surface area contributed by atoms with Crippen LogP contribution in [0, 0.1) is 0 Å². The van der Waals surface area contributed by atoms with E-state index < -0.39 is 17.8 Å². The quantitative estimate of drug-likeness (QED) is 0.815. The van der Waals surface area contributed by atoms with E-state index in [2.05, 4.69) is 10.1 Å². The fraction of sp³-hybridized carbons (Fsp3) is 0.214. The van der Waals surface area contributed by atoms with Gasteiger partial charge in [0.25, 0.3) is 11.8 Å². The highest BCUT2D eigenvalue weighted by Crippen LogP contribution is 2.23. The molecule has 0 radical (unpaired) electrons. The Bertz CT molecular complexity index is 732. The minimum absolute atomic E-state index is 0.102. The first-order valence-corrected chi connectivity index (χ1v) is 6.54. The summed E-state index contributed by atoms with van der Waals surface area (Å²) in [5, 5.41) is 12.3. The van der Waals surface area contributed by atoms with Crippen LogP contribution in [0.1, 0.15) is 38.9 Å². The Hall–Kier alpha value is -3.03. The van der Waals surface area contributed by atoms with Crippen molar-refractivity contribution in [2.45, 2.75) is 19.4 Å². The van der Waals surface area contributed by atoms with Gasteiger partial charge in [0.05, 0.1) is 24.1 Å². The summed E-state index contributed by atoms with van der Waals surface area (Å²) in [5.74, 6) is -1.46. The smallest absolute Gasteiger partial charge is 0.303 e. The van der Waals surface area contributed by atoms with Crippen molar-refractivity contribution >= 4 is 17.8 Å². The van der Waals surface area contributed by atoms with Gasteiger partial charge in [0, 0.05) is 6.42 Å². The van der Waals surface area contributed by atoms with Crippen molar-refractivity contribution in [1.82, 2.24) is 15.0 Å². The van der Waals surface area contributed by atoms with E-state index in [9.17, 15) is 14.4 Å². The van der Waals surface area contributed by atoms with Crippen LogP contribution in [0.25, 0.3) is 0 Å². The van der Waals surface area contributed by atoms with Crippen LogP contribution in [-0.4, -0.2) is 37.9 Å². The fourth-order valence-corrected chi connectivity index (χ4v) is 2.19. The zero-order valence-electron chi connectivity index (χ0n) is 11.4. The lowest BCUT2D eigenvalue weighted by molar-refractivity contribution is -0.137. The Morgan fingerprint density at radius 3 is 2.41 bits per heavy atom. The number of amides is 2. The number of carboxylic acids is 1. The first-order valence-electron chi connectivity index (χ1n) is 6.54. The second-order valence-corrected chi connectivity index (χ2v) is 4.74. The summed E-state index contributed by atoms with van der Waals surface area (Å²) in [6.07, 6.45) is -0.0287. The summed E-state index contributed by atoms with van der Waals surface area (Å²) in [6, 6.07) is 6.55. The molecular weight excluding hydrogens is 290 g/mol. The lowest BCUT2D eigenvalue weighted by Crippen LogP contribution is -2.29. The van der Waals surface area contributed by atoms with Crippen LogP contribution in [0.2, 0.25) is 0 Å². The second kappa shape index (κ2) is 5.40. The summed E-state index contributed by atoms with van der Waals surface area (Å²) in [4.78, 5) is 39.9. The molecule has 8 nitrogen and oxygen atoms in total. The fourth-order valence-electron chi connectivity index (χ4n) is 2.19. The van der Waals surface area contributed by atoms with E-state index in [1.807, 2.05) is 0 Å². The Morgan fingerprint density at radius 2 is 1.82 bits per heavy atom. The van der Waals surface area contributed by atoms with Crippen LogP contribution in [0.15, 0.2) is 28.8 Å². The first-order chi connectivity index (χ1) is 10.6. The van der Waals surface area contributed by atoms with E-state index in [-0.39, 0.29) is 31.1 Å². The van der Waals surface area contributed by atoms with Crippen molar-refractivity contribution in [2.24, 2.45) is 0 Å². The van der Waals surface area contributed by atoms with E-state index in [0.29, 0.717) is 11.1 Å². The lowest BCUT2D eigenvalue weighted by Gasteiger charge is -2.10. The normalized spacial score (nSPS) is 13.5. The van der Waals surface area contributed by atoms with Gasteiger partial charge in [-0.15, -0.1) is 0 Å². The van der Waals surface area contributed by atoms with Crippen LogP contribution in [0.3, 0.4) is 0 Å². The van der Waals surface area contributed by atoms with Crippen molar-refractivity contribution in [3.63, 3.8) is 0 Å². The Morgan fingerprint density at radius 1 is 1.18 bits per heavy atom. The van der Waals surface area contributed by atoms with Gasteiger partial charge in [-0.2, -0.15) is 4.98 Å². The molecule has 1 aromatic heterocycles. The van der Waals surface area contributed by atoms with Gasteiger partial charge < -0.3 is 9.63 Å². The van der Waals surface area contributed by atoms with Crippen molar-refractivity contribution in [1.29, 1.82) is 0 Å². The topological polar surface area (TPSA) is 114 Å². The molecule has 2 amide bonds. The van der Waals surface area contributed by atoms with Crippen molar-refractivity contribution in [3.05, 3.63) is 47.1 Å². The Balaban J connectivity index is 1.73. The monoisotopic (exact) mass is 301 g/mol. The average Bonchev–Trinajstić information content (AvgIpc) is 3.05. The average molecular weight is 301 g/mol. The number of aromatic nitrogens is 2. The number of hydrogen-bond acceptors (Lipinski definition) is 6. The molecule has 8 heteroatoms. The summed E-state index contributed by atoms with van der Waals surface area (Å²) in [7, 11) is 0. The molecule has 0 spiro atoms. The SMILES string of the molecule is O=C(O)CCc1nc(CN2C(=O)c3ccccc3C2=O)no1. The standard InChI is InChI=1S/C14H11N3O5/c18-12(19)6-5-11-15-10(16-22-11)7-17-13(20)8-3-1-2-4-9(8)14(17)21/h1-4H,5-7H2,(H,18,19). The number of fused-ring (bicyclic) bond motifs is 1. The molecule has 2 heterocycles. The highest BCUT2D eigenvalue weighted by atomic mass is 16.5. The molecule has 0 aliphatic carbocycles. The molecular formula is C14H11N3O5. The lowest BCUT2D eigenvalue weighted by atomic mass is 10.1. The van der Waals surface area contributed by atoms with E-state index in [1.165, 1.54) is 0 Å². The molecule has 112 valence electrons. The Labute approximate surface area is 124 Å². The molecule has 1 aliphatic rings. The number of rotatable bonds is 5. The summed E-state index contributed by atoms with van der Waals surface area (Å²) < 4.78 is 4.90. The van der Waals surface area contributed by atoms with E-state index >= 15 is 0 Å². The molecule has 0 atom stereocenters. The maximum Gasteiger partial charge on any atom is 0.303 e. The summed E-state index contributed by atoms with van der Waals surface area (Å²) >= 11 is 0. The molecule has 22 heavy (non-hydrogen) atoms. The molecule has 3 rings (SSSR count). The number of carbonyl (C=O) groups excluding carboxylic acids is 2. The molecule has 0 fully saturated rings. The Kier molecular flexibility index (Phi) is 3.42. The molecule has 1 N–H and O–H groups in total. The van der Waals surface area contributed by atoms with Crippen LogP contribution in [0.5, 0.6) is 0 Å². The zero-order chi connectivity index (χ0) is 15.7. The van der Waals surface area contributed by atoms with Gasteiger partial charge in [-0.3, -0.25) is 19.3 Å². The van der Waals surface area contributed by atoms with Crippen LogP contribution >= 0.6 is 0 Å². The van der Waals surface area contributed by atoms with Gasteiger partial charge in [-0.05, 0) is 12.1 Å². The largest absolute Gasteiger partial charge is 0.481 e. The number of hydrogen-bond donors (Lipinski definition) is 1. The highest BCUT2D eigenvalue weighted by Gasteiger charge is 2.35. The molecule has 0 bridgehead atoms. The predicted octanol–water partition coefficient (Wildman–Crippen LogP) is 0.883. The molecule has 0 saturated carbocycles. The number of aliphatic carboxylic acids is 1. The molecule has 1 aliphatic heterocycles. The molecule has 1 aromatic carbocycles. The van der Waals surface area contributed by atoms with E-state index in [4.69, 9.17) is 9.63 Å². The number of benzene rings is 1. The minimum atomic E-state index is -0.972. The molecule has 2 aromatic rings. The van der Waals surface area contributed by atoms with Crippen LogP contribution in [0.4, 0.5) is 0 Å². The van der Waals surface area contributed by atoms with Gasteiger partial charge in [0.15, 0.2) is 5.82 Å². The van der Waals surface area contributed by atoms with Gasteiger partial charge in [0.1, 0.15) is 0 Å². The summed E-state index contributed by atoms with van der Waals surface area (Å²) in [6.45, 7) is -0.108. The van der Waals surface area contributed by atoms with Gasteiger partial charge in [-0.1, -0.05) is 17.3 Å².